The maximum absolute atomic E-state index is 13.4. The number of nitrogens with one attached hydrogen (secondary N) is 4. The maximum Gasteiger partial charge on any atom is 0.242 e. The molecule has 1 unspecified atom stereocenters. The Morgan fingerprint density at radius 2 is 1.19 bits per heavy atom. The van der Waals surface area contributed by atoms with E-state index in [0.29, 0.717) is 16.5 Å². The minimum Gasteiger partial charge on any atom is -0.332 e. The van der Waals surface area contributed by atoms with E-state index in [0.717, 1.165) is 21.8 Å². The number of para-hydroxylation sites is 1. The second-order valence-electron chi connectivity index (χ2n) is 8.13. The van der Waals surface area contributed by atoms with Gasteiger partial charge in [0.15, 0.2) is 5.11 Å². The predicted octanol–water partition coefficient (Wildman–Crippen LogP) is 6.93. The first-order chi connectivity index (χ1) is 18.0. The molecule has 8 heteroatoms. The number of carbonyl (C=O) groups excluding carboxylic acids is 2. The zero-order valence-corrected chi connectivity index (χ0v) is 21.7. The van der Waals surface area contributed by atoms with Crippen LogP contribution in [0.3, 0.4) is 0 Å². The van der Waals surface area contributed by atoms with E-state index >= 15 is 0 Å². The number of amides is 2. The van der Waals surface area contributed by atoms with E-state index < -0.39 is 5.25 Å². The van der Waals surface area contributed by atoms with Crippen LogP contribution in [0.5, 0.6) is 0 Å². The topological polar surface area (TPSA) is 82.3 Å². The summed E-state index contributed by atoms with van der Waals surface area (Å²) >= 11 is 6.91. The molecule has 2 amide bonds. The molecule has 0 bridgehead atoms. The molecular formula is C29H26N4O2S2. The lowest BCUT2D eigenvalue weighted by molar-refractivity contribution is -0.116. The Bertz CT molecular complexity index is 1360. The molecule has 0 aromatic heterocycles. The molecule has 0 saturated heterocycles. The third-order valence-corrected chi connectivity index (χ3v) is 6.64. The van der Waals surface area contributed by atoms with Crippen molar-refractivity contribution in [1.82, 2.24) is 0 Å². The largest absolute Gasteiger partial charge is 0.332 e. The van der Waals surface area contributed by atoms with Crippen LogP contribution in [0.2, 0.25) is 0 Å². The predicted molar refractivity (Wildman–Crippen MR) is 157 cm³/mol. The van der Waals surface area contributed by atoms with Crippen molar-refractivity contribution in [2.24, 2.45) is 0 Å². The zero-order valence-electron chi connectivity index (χ0n) is 20.1. The molecule has 186 valence electrons. The average molecular weight is 527 g/mol. The lowest BCUT2D eigenvalue weighted by atomic mass is 10.1. The fourth-order valence-electron chi connectivity index (χ4n) is 3.55. The van der Waals surface area contributed by atoms with Gasteiger partial charge >= 0.3 is 0 Å². The highest BCUT2D eigenvalue weighted by molar-refractivity contribution is 8.00. The first-order valence-corrected chi connectivity index (χ1v) is 12.9. The highest BCUT2D eigenvalue weighted by atomic mass is 32.2. The molecule has 0 fully saturated rings. The van der Waals surface area contributed by atoms with Crippen molar-refractivity contribution in [2.75, 3.05) is 21.3 Å². The van der Waals surface area contributed by atoms with Crippen molar-refractivity contribution in [3.05, 3.63) is 115 Å². The number of thioether (sulfide) groups is 1. The summed E-state index contributed by atoms with van der Waals surface area (Å²) in [5.74, 6) is -0.297. The van der Waals surface area contributed by atoms with Crippen LogP contribution in [0.15, 0.2) is 114 Å². The van der Waals surface area contributed by atoms with Gasteiger partial charge in [-0.1, -0.05) is 54.6 Å². The Kier molecular flexibility index (Phi) is 8.91. The third-order valence-electron chi connectivity index (χ3n) is 5.19. The molecule has 0 spiro atoms. The number of carbonyl (C=O) groups is 2. The van der Waals surface area contributed by atoms with Gasteiger partial charge in [-0.15, -0.1) is 11.8 Å². The molecule has 0 saturated carbocycles. The van der Waals surface area contributed by atoms with E-state index in [-0.39, 0.29) is 11.8 Å². The molecule has 0 radical (unpaired) electrons. The summed E-state index contributed by atoms with van der Waals surface area (Å²) in [5, 5.41) is 12.1. The fourth-order valence-corrected chi connectivity index (χ4v) is 4.87. The first-order valence-electron chi connectivity index (χ1n) is 11.6. The quantitative estimate of drug-likeness (QED) is 0.147. The SMILES string of the molecule is CC(=O)Nc1ccc(NC(=O)C(Sc2cccc(NC(=S)Nc3ccccc3)c2)c2ccccc2)cc1. The van der Waals surface area contributed by atoms with Gasteiger partial charge in [0.05, 0.1) is 0 Å². The summed E-state index contributed by atoms with van der Waals surface area (Å²) < 4.78 is 0. The van der Waals surface area contributed by atoms with E-state index in [1.807, 2.05) is 84.9 Å². The number of rotatable bonds is 8. The minimum atomic E-state index is -0.485. The monoisotopic (exact) mass is 526 g/mol. The van der Waals surface area contributed by atoms with E-state index in [2.05, 4.69) is 21.3 Å². The number of hydrogen-bond acceptors (Lipinski definition) is 4. The Hall–Kier alpha value is -4.14. The second-order valence-corrected chi connectivity index (χ2v) is 9.72. The van der Waals surface area contributed by atoms with Crippen LogP contribution in [0.1, 0.15) is 17.7 Å². The smallest absolute Gasteiger partial charge is 0.242 e. The van der Waals surface area contributed by atoms with Crippen LogP contribution in [-0.2, 0) is 9.59 Å². The summed E-state index contributed by atoms with van der Waals surface area (Å²) in [4.78, 5) is 25.6. The number of thiocarbonyl (C=S) groups is 1. The van der Waals surface area contributed by atoms with Crippen LogP contribution >= 0.6 is 24.0 Å². The van der Waals surface area contributed by atoms with E-state index in [1.54, 1.807) is 24.3 Å². The normalized spacial score (nSPS) is 11.2. The van der Waals surface area contributed by atoms with Crippen LogP contribution in [-0.4, -0.2) is 16.9 Å². The number of anilines is 4. The van der Waals surface area contributed by atoms with Gasteiger partial charge < -0.3 is 21.3 Å². The minimum absolute atomic E-state index is 0.148. The molecule has 4 N–H and O–H groups in total. The molecule has 0 aliphatic rings. The van der Waals surface area contributed by atoms with Gasteiger partial charge in [-0.2, -0.15) is 0 Å². The number of hydrogen-bond donors (Lipinski definition) is 4. The second kappa shape index (κ2) is 12.7. The van der Waals surface area contributed by atoms with Gasteiger partial charge in [0.2, 0.25) is 11.8 Å². The van der Waals surface area contributed by atoms with E-state index in [4.69, 9.17) is 12.2 Å². The summed E-state index contributed by atoms with van der Waals surface area (Å²) in [6.07, 6.45) is 0. The molecule has 4 aromatic rings. The summed E-state index contributed by atoms with van der Waals surface area (Å²) in [7, 11) is 0. The van der Waals surface area contributed by atoms with Crippen molar-refractivity contribution in [3.63, 3.8) is 0 Å². The first kappa shape index (κ1) is 25.9. The summed E-state index contributed by atoms with van der Waals surface area (Å²) in [6, 6.07) is 34.2. The molecule has 0 aliphatic heterocycles. The summed E-state index contributed by atoms with van der Waals surface area (Å²) in [5.41, 5.74) is 3.92. The lowest BCUT2D eigenvalue weighted by Crippen LogP contribution is -2.19. The van der Waals surface area contributed by atoms with Crippen molar-refractivity contribution < 1.29 is 9.59 Å². The van der Waals surface area contributed by atoms with Crippen molar-refractivity contribution in [1.29, 1.82) is 0 Å². The Labute approximate surface area is 225 Å². The van der Waals surface area contributed by atoms with Gasteiger partial charge in [0, 0.05) is 34.6 Å². The van der Waals surface area contributed by atoms with Gasteiger partial charge in [0.25, 0.3) is 0 Å². The highest BCUT2D eigenvalue weighted by Gasteiger charge is 2.22. The third kappa shape index (κ3) is 7.93. The standard InChI is InChI=1S/C29H26N4O2S2/c1-20(34)30-23-15-17-24(18-16-23)31-28(35)27(21-9-4-2-5-10-21)37-26-14-8-13-25(19-26)33-29(36)32-22-11-6-3-7-12-22/h2-19,27H,1H3,(H,30,34)(H,31,35)(H2,32,33,36). The van der Waals surface area contributed by atoms with Gasteiger partial charge in [-0.25, -0.2) is 0 Å². The van der Waals surface area contributed by atoms with Crippen LogP contribution in [0.4, 0.5) is 22.7 Å². The van der Waals surface area contributed by atoms with Crippen LogP contribution in [0, 0.1) is 0 Å². The molecule has 4 rings (SSSR count). The average Bonchev–Trinajstić information content (AvgIpc) is 2.89. The van der Waals surface area contributed by atoms with Gasteiger partial charge in [0.1, 0.15) is 5.25 Å². The highest BCUT2D eigenvalue weighted by Crippen LogP contribution is 2.37. The van der Waals surface area contributed by atoms with Gasteiger partial charge in [-0.05, 0) is 72.4 Å². The van der Waals surface area contributed by atoms with Crippen molar-refractivity contribution in [2.45, 2.75) is 17.1 Å². The molecule has 1 atom stereocenters. The maximum atomic E-state index is 13.4. The molecule has 37 heavy (non-hydrogen) atoms. The van der Waals surface area contributed by atoms with Crippen LogP contribution in [0.25, 0.3) is 0 Å². The molecule has 6 nitrogen and oxygen atoms in total. The summed E-state index contributed by atoms with van der Waals surface area (Å²) in [6.45, 7) is 1.45. The molecule has 0 aliphatic carbocycles. The van der Waals surface area contributed by atoms with Crippen molar-refractivity contribution >= 4 is 63.7 Å². The van der Waals surface area contributed by atoms with Crippen molar-refractivity contribution in [3.8, 4) is 0 Å². The zero-order chi connectivity index (χ0) is 26.0. The Balaban J connectivity index is 1.47. The fraction of sp³-hybridized carbons (Fsp3) is 0.0690. The molecular weight excluding hydrogens is 500 g/mol. The van der Waals surface area contributed by atoms with Gasteiger partial charge in [-0.3, -0.25) is 9.59 Å². The van der Waals surface area contributed by atoms with E-state index in [1.165, 1.54) is 18.7 Å². The molecule has 4 aromatic carbocycles. The number of benzene rings is 4. The van der Waals surface area contributed by atoms with Crippen LogP contribution < -0.4 is 21.3 Å². The molecule has 0 heterocycles. The van der Waals surface area contributed by atoms with E-state index in [9.17, 15) is 9.59 Å². The Morgan fingerprint density at radius 1 is 0.649 bits per heavy atom. The lowest BCUT2D eigenvalue weighted by Gasteiger charge is -2.18. The Morgan fingerprint density at radius 3 is 1.84 bits per heavy atom.